The van der Waals surface area contributed by atoms with E-state index in [0.717, 1.165) is 36.8 Å². The minimum Gasteiger partial charge on any atom is -0.494 e. The van der Waals surface area contributed by atoms with E-state index in [0.29, 0.717) is 0 Å². The molecular weight excluding hydrogens is 296 g/mol. The van der Waals surface area contributed by atoms with Crippen LogP contribution in [0.15, 0.2) is 24.3 Å². The summed E-state index contributed by atoms with van der Waals surface area (Å²) in [6, 6.07) is 9.44. The van der Waals surface area contributed by atoms with Crippen molar-refractivity contribution in [1.29, 1.82) is 0 Å². The van der Waals surface area contributed by atoms with Crippen molar-refractivity contribution >= 4 is 0 Å². The number of hydrogen-bond donors (Lipinski definition) is 0. The molecule has 0 aromatic heterocycles. The molecule has 2 aliphatic heterocycles. The van der Waals surface area contributed by atoms with E-state index in [9.17, 15) is 0 Å². The van der Waals surface area contributed by atoms with Gasteiger partial charge in [0.05, 0.1) is 6.61 Å². The van der Waals surface area contributed by atoms with Gasteiger partial charge in [-0.3, -0.25) is 9.80 Å². The van der Waals surface area contributed by atoms with Gasteiger partial charge >= 0.3 is 0 Å². The minimum atomic E-state index is 0.737. The lowest BCUT2D eigenvalue weighted by molar-refractivity contribution is 0.0530. The third kappa shape index (κ3) is 4.73. The van der Waals surface area contributed by atoms with Gasteiger partial charge in [0, 0.05) is 25.7 Å². The molecule has 0 spiro atoms. The number of likely N-dealkylation sites (tertiary alicyclic amines) is 2. The van der Waals surface area contributed by atoms with E-state index in [4.69, 9.17) is 4.74 Å². The molecule has 3 nitrogen and oxygen atoms in total. The summed E-state index contributed by atoms with van der Waals surface area (Å²) in [4.78, 5) is 5.40. The molecule has 0 radical (unpaired) electrons. The molecule has 2 fully saturated rings. The van der Waals surface area contributed by atoms with Gasteiger partial charge in [-0.2, -0.15) is 0 Å². The highest BCUT2D eigenvalue weighted by Crippen LogP contribution is 2.27. The fourth-order valence-corrected chi connectivity index (χ4v) is 4.57. The average Bonchev–Trinajstić information content (AvgIpc) is 2.57. The van der Waals surface area contributed by atoms with E-state index in [1.807, 2.05) is 6.92 Å². The number of hydrogen-bond acceptors (Lipinski definition) is 3. The summed E-state index contributed by atoms with van der Waals surface area (Å²) in [5, 5.41) is 0. The van der Waals surface area contributed by atoms with Crippen molar-refractivity contribution in [3.8, 4) is 5.75 Å². The number of piperidine rings is 2. The van der Waals surface area contributed by atoms with E-state index >= 15 is 0 Å². The lowest BCUT2D eigenvalue weighted by Gasteiger charge is -2.43. The Bertz CT molecular complexity index is 483. The van der Waals surface area contributed by atoms with Crippen LogP contribution < -0.4 is 4.74 Å². The van der Waals surface area contributed by atoms with Gasteiger partial charge in [-0.25, -0.2) is 0 Å². The second kappa shape index (κ2) is 8.35. The van der Waals surface area contributed by atoms with Crippen molar-refractivity contribution in [2.24, 2.45) is 11.8 Å². The van der Waals surface area contributed by atoms with Crippen LogP contribution in [0.1, 0.15) is 45.6 Å². The number of nitrogens with zero attached hydrogens (tertiary/aromatic N) is 2. The largest absolute Gasteiger partial charge is 0.494 e. The maximum atomic E-state index is 5.53. The van der Waals surface area contributed by atoms with Crippen molar-refractivity contribution in [2.75, 3.05) is 32.8 Å². The van der Waals surface area contributed by atoms with Crippen LogP contribution in [-0.2, 0) is 6.54 Å². The van der Waals surface area contributed by atoms with Crippen LogP contribution in [0.4, 0.5) is 0 Å². The lowest BCUT2D eigenvalue weighted by atomic mass is 9.89. The Morgan fingerprint density at radius 1 is 1.00 bits per heavy atom. The molecule has 1 aromatic rings. The van der Waals surface area contributed by atoms with E-state index in [-0.39, 0.29) is 0 Å². The van der Waals surface area contributed by atoms with Crippen LogP contribution in [0.25, 0.3) is 0 Å². The standard InChI is InChI=1S/C21H34N2O/c1-4-24-21-7-5-19(6-8-21)16-22-11-9-20(10-12-22)23-14-17(2)13-18(3)15-23/h5-8,17-18,20H,4,9-16H2,1-3H3/t17-,18-/m0/s1. The molecule has 3 rings (SSSR count). The zero-order valence-corrected chi connectivity index (χ0v) is 15.7. The van der Waals surface area contributed by atoms with Gasteiger partial charge in [-0.15, -0.1) is 0 Å². The smallest absolute Gasteiger partial charge is 0.119 e. The zero-order valence-electron chi connectivity index (χ0n) is 15.7. The molecule has 3 heteroatoms. The monoisotopic (exact) mass is 330 g/mol. The Labute approximate surface area is 148 Å². The first-order chi connectivity index (χ1) is 11.6. The zero-order chi connectivity index (χ0) is 16.9. The summed E-state index contributed by atoms with van der Waals surface area (Å²) < 4.78 is 5.53. The Morgan fingerprint density at radius 3 is 2.21 bits per heavy atom. The molecule has 2 saturated heterocycles. The Morgan fingerprint density at radius 2 is 1.62 bits per heavy atom. The molecular formula is C21H34N2O. The minimum absolute atomic E-state index is 0.737. The van der Waals surface area contributed by atoms with E-state index in [1.54, 1.807) is 0 Å². The molecule has 0 aliphatic carbocycles. The van der Waals surface area contributed by atoms with Crippen molar-refractivity contribution < 1.29 is 4.74 Å². The topological polar surface area (TPSA) is 15.7 Å². The predicted molar refractivity (Wildman–Crippen MR) is 100 cm³/mol. The molecule has 2 aliphatic rings. The maximum absolute atomic E-state index is 5.53. The molecule has 2 atom stereocenters. The Balaban J connectivity index is 1.46. The second-order valence-corrected chi connectivity index (χ2v) is 7.98. The molecule has 1 aromatic carbocycles. The van der Waals surface area contributed by atoms with Crippen LogP contribution in [0.3, 0.4) is 0 Å². The number of rotatable bonds is 5. The van der Waals surface area contributed by atoms with E-state index in [2.05, 4.69) is 47.9 Å². The predicted octanol–water partition coefficient (Wildman–Crippen LogP) is 4.03. The van der Waals surface area contributed by atoms with Crippen LogP contribution >= 0.6 is 0 Å². The van der Waals surface area contributed by atoms with Crippen LogP contribution in [0, 0.1) is 11.8 Å². The summed E-state index contributed by atoms with van der Waals surface area (Å²) in [5.74, 6) is 2.72. The molecule has 0 N–H and O–H groups in total. The van der Waals surface area contributed by atoms with E-state index < -0.39 is 0 Å². The third-order valence-electron chi connectivity index (χ3n) is 5.61. The molecule has 0 bridgehead atoms. The maximum Gasteiger partial charge on any atom is 0.119 e. The van der Waals surface area contributed by atoms with Crippen molar-refractivity contribution in [2.45, 2.75) is 52.6 Å². The Kier molecular flexibility index (Phi) is 6.18. The molecule has 0 saturated carbocycles. The summed E-state index contributed by atoms with van der Waals surface area (Å²) in [6.07, 6.45) is 4.07. The van der Waals surface area contributed by atoms with Crippen LogP contribution in [-0.4, -0.2) is 48.6 Å². The summed E-state index contributed by atoms with van der Waals surface area (Å²) in [7, 11) is 0. The molecule has 134 valence electrons. The first-order valence-corrected chi connectivity index (χ1v) is 9.82. The van der Waals surface area contributed by atoms with Gasteiger partial charge in [0.1, 0.15) is 5.75 Å². The summed E-state index contributed by atoms with van der Waals surface area (Å²) in [5.41, 5.74) is 1.40. The fraction of sp³-hybridized carbons (Fsp3) is 0.714. The Hall–Kier alpha value is -1.06. The lowest BCUT2D eigenvalue weighted by Crippen LogP contribution is -2.49. The van der Waals surface area contributed by atoms with Gasteiger partial charge in [-0.05, 0) is 68.8 Å². The molecule has 2 heterocycles. The highest BCUT2D eigenvalue weighted by molar-refractivity contribution is 5.27. The second-order valence-electron chi connectivity index (χ2n) is 7.98. The normalized spacial score (nSPS) is 27.3. The molecule has 24 heavy (non-hydrogen) atoms. The number of benzene rings is 1. The van der Waals surface area contributed by atoms with Gasteiger partial charge in [0.25, 0.3) is 0 Å². The SMILES string of the molecule is CCOc1ccc(CN2CCC(N3C[C@@H](C)C[C@H](C)C3)CC2)cc1. The first-order valence-electron chi connectivity index (χ1n) is 9.82. The average molecular weight is 331 g/mol. The third-order valence-corrected chi connectivity index (χ3v) is 5.61. The van der Waals surface area contributed by atoms with Gasteiger partial charge < -0.3 is 4.74 Å². The van der Waals surface area contributed by atoms with Crippen molar-refractivity contribution in [3.63, 3.8) is 0 Å². The highest BCUT2D eigenvalue weighted by atomic mass is 16.5. The van der Waals surface area contributed by atoms with Crippen LogP contribution in [0.2, 0.25) is 0 Å². The molecule has 0 unspecified atom stereocenters. The summed E-state index contributed by atoms with van der Waals surface area (Å²) >= 11 is 0. The van der Waals surface area contributed by atoms with Crippen LogP contribution in [0.5, 0.6) is 5.75 Å². The van der Waals surface area contributed by atoms with Crippen molar-refractivity contribution in [1.82, 2.24) is 9.80 Å². The van der Waals surface area contributed by atoms with Gasteiger partial charge in [-0.1, -0.05) is 26.0 Å². The van der Waals surface area contributed by atoms with Crippen molar-refractivity contribution in [3.05, 3.63) is 29.8 Å². The van der Waals surface area contributed by atoms with E-state index in [1.165, 1.54) is 51.0 Å². The fourth-order valence-electron chi connectivity index (χ4n) is 4.57. The van der Waals surface area contributed by atoms with Gasteiger partial charge in [0.15, 0.2) is 0 Å². The van der Waals surface area contributed by atoms with Gasteiger partial charge in [0.2, 0.25) is 0 Å². The quantitative estimate of drug-likeness (QED) is 0.811. The highest BCUT2D eigenvalue weighted by Gasteiger charge is 2.29. The number of ether oxygens (including phenoxy) is 1. The summed E-state index contributed by atoms with van der Waals surface area (Å²) in [6.45, 7) is 13.8. The molecule has 0 amide bonds. The first kappa shape index (κ1) is 17.8.